The van der Waals surface area contributed by atoms with Crippen molar-refractivity contribution in [1.29, 1.82) is 0 Å². The van der Waals surface area contributed by atoms with E-state index in [-0.39, 0.29) is 6.54 Å². The fourth-order valence-electron chi connectivity index (χ4n) is 1.97. The Morgan fingerprint density at radius 3 is 2.11 bits per heavy atom. The first-order valence-corrected chi connectivity index (χ1v) is 6.26. The molecule has 106 valence electrons. The number of hydrogen-bond acceptors (Lipinski definition) is 4. The van der Waals surface area contributed by atoms with Gasteiger partial charge in [-0.05, 0) is 63.4 Å². The predicted octanol–water partition coefficient (Wildman–Crippen LogP) is 1.18. The molecule has 0 aliphatic carbocycles. The van der Waals surface area contributed by atoms with E-state index in [9.17, 15) is 5.11 Å². The van der Waals surface area contributed by atoms with Gasteiger partial charge in [-0.25, -0.2) is 5.84 Å². The van der Waals surface area contributed by atoms with E-state index >= 15 is 0 Å². The number of amidine groups is 1. The fourth-order valence-corrected chi connectivity index (χ4v) is 1.97. The first-order chi connectivity index (χ1) is 8.65. The molecule has 0 amide bonds. The van der Waals surface area contributed by atoms with Crippen molar-refractivity contribution in [3.63, 3.8) is 0 Å². The van der Waals surface area contributed by atoms with E-state index in [0.717, 1.165) is 16.7 Å². The maximum Gasteiger partial charge on any atom is 0.169 e. The van der Waals surface area contributed by atoms with E-state index < -0.39 is 5.60 Å². The van der Waals surface area contributed by atoms with Gasteiger partial charge in [0.1, 0.15) is 0 Å². The van der Waals surface area contributed by atoms with Gasteiger partial charge in [-0.1, -0.05) is 0 Å². The van der Waals surface area contributed by atoms with Gasteiger partial charge in [0.25, 0.3) is 0 Å². The highest BCUT2D eigenvalue weighted by molar-refractivity contribution is 5.98. The molecule has 1 aromatic carbocycles. The maximum atomic E-state index is 9.82. The smallest absolute Gasteiger partial charge is 0.169 e. The van der Waals surface area contributed by atoms with Crippen LogP contribution in [-0.2, 0) is 0 Å². The SMILES string of the molecule is Cc1cc(/C(=N/N)N(N)CC(C)(C)O)cc(C)c1C. The fraction of sp³-hybridized carbons (Fsp3) is 0.500. The molecule has 5 nitrogen and oxygen atoms in total. The molecule has 5 heteroatoms. The Labute approximate surface area is 114 Å². The Morgan fingerprint density at radius 2 is 1.74 bits per heavy atom. The number of hydrazone groups is 1. The summed E-state index contributed by atoms with van der Waals surface area (Å²) in [5.41, 5.74) is 3.50. The largest absolute Gasteiger partial charge is 0.389 e. The summed E-state index contributed by atoms with van der Waals surface area (Å²) in [7, 11) is 0. The van der Waals surface area contributed by atoms with Gasteiger partial charge in [0.05, 0.1) is 12.1 Å². The monoisotopic (exact) mass is 264 g/mol. The topological polar surface area (TPSA) is 87.9 Å². The van der Waals surface area contributed by atoms with Crippen molar-refractivity contribution in [1.82, 2.24) is 5.01 Å². The van der Waals surface area contributed by atoms with Crippen LogP contribution in [0.5, 0.6) is 0 Å². The second-order valence-electron chi connectivity index (χ2n) is 5.63. The second kappa shape index (κ2) is 5.59. The molecule has 0 heterocycles. The number of aryl methyl sites for hydroxylation is 2. The standard InChI is InChI=1S/C14H24N4O/c1-9-6-12(7-10(2)11(9)3)13(17-15)18(16)8-14(4,5)19/h6-7,19H,8,15-16H2,1-5H3/b17-13-. The van der Waals surface area contributed by atoms with E-state index in [0.29, 0.717) is 5.84 Å². The van der Waals surface area contributed by atoms with Crippen LogP contribution in [0.15, 0.2) is 17.2 Å². The maximum absolute atomic E-state index is 9.82. The first kappa shape index (κ1) is 15.5. The van der Waals surface area contributed by atoms with Gasteiger partial charge in [0, 0.05) is 5.56 Å². The van der Waals surface area contributed by atoms with Crippen LogP contribution in [-0.4, -0.2) is 28.1 Å². The lowest BCUT2D eigenvalue weighted by Gasteiger charge is -2.27. The van der Waals surface area contributed by atoms with Gasteiger partial charge >= 0.3 is 0 Å². The average molecular weight is 264 g/mol. The lowest BCUT2D eigenvalue weighted by atomic mass is 9.99. The molecule has 0 atom stereocenters. The Kier molecular flexibility index (Phi) is 4.55. The minimum atomic E-state index is -0.917. The molecule has 1 rings (SSSR count). The number of rotatable bonds is 3. The zero-order chi connectivity index (χ0) is 14.8. The minimum absolute atomic E-state index is 0.245. The van der Waals surface area contributed by atoms with Crippen molar-refractivity contribution in [3.8, 4) is 0 Å². The number of aliphatic hydroxyl groups is 1. The predicted molar refractivity (Wildman–Crippen MR) is 78.6 cm³/mol. The van der Waals surface area contributed by atoms with Crippen molar-refractivity contribution in [3.05, 3.63) is 34.4 Å². The Morgan fingerprint density at radius 1 is 1.26 bits per heavy atom. The van der Waals surface area contributed by atoms with E-state index in [1.165, 1.54) is 10.6 Å². The van der Waals surface area contributed by atoms with Crippen LogP contribution >= 0.6 is 0 Å². The van der Waals surface area contributed by atoms with Crippen LogP contribution in [0.4, 0.5) is 0 Å². The van der Waals surface area contributed by atoms with Crippen molar-refractivity contribution < 1.29 is 5.11 Å². The molecule has 0 radical (unpaired) electrons. The summed E-state index contributed by atoms with van der Waals surface area (Å²) in [5.74, 6) is 11.9. The summed E-state index contributed by atoms with van der Waals surface area (Å²) in [4.78, 5) is 0. The Balaban J connectivity index is 3.12. The molecular weight excluding hydrogens is 240 g/mol. The molecule has 5 N–H and O–H groups in total. The third kappa shape index (κ3) is 3.94. The molecule has 0 fully saturated rings. The minimum Gasteiger partial charge on any atom is -0.389 e. The van der Waals surface area contributed by atoms with E-state index in [4.69, 9.17) is 11.7 Å². The van der Waals surface area contributed by atoms with Crippen molar-refractivity contribution in [2.75, 3.05) is 6.54 Å². The molecule has 0 unspecified atom stereocenters. The summed E-state index contributed by atoms with van der Waals surface area (Å²) in [5, 5.41) is 15.0. The number of hydrogen-bond donors (Lipinski definition) is 3. The summed E-state index contributed by atoms with van der Waals surface area (Å²) in [6.07, 6.45) is 0. The highest BCUT2D eigenvalue weighted by Gasteiger charge is 2.20. The van der Waals surface area contributed by atoms with E-state index in [2.05, 4.69) is 12.0 Å². The quantitative estimate of drug-likeness (QED) is 0.331. The molecular formula is C14H24N4O. The highest BCUT2D eigenvalue weighted by Crippen LogP contribution is 2.17. The zero-order valence-electron chi connectivity index (χ0n) is 12.4. The van der Waals surface area contributed by atoms with Crippen LogP contribution in [0.3, 0.4) is 0 Å². The molecule has 0 saturated carbocycles. The van der Waals surface area contributed by atoms with Crippen LogP contribution in [0.2, 0.25) is 0 Å². The van der Waals surface area contributed by atoms with Gasteiger partial charge < -0.3 is 10.9 Å². The summed E-state index contributed by atoms with van der Waals surface area (Å²) < 4.78 is 0. The van der Waals surface area contributed by atoms with Crippen molar-refractivity contribution in [2.24, 2.45) is 16.8 Å². The zero-order valence-corrected chi connectivity index (χ0v) is 12.4. The molecule has 0 aliphatic heterocycles. The second-order valence-corrected chi connectivity index (χ2v) is 5.63. The van der Waals surface area contributed by atoms with Crippen LogP contribution in [0.1, 0.15) is 36.1 Å². The van der Waals surface area contributed by atoms with Gasteiger partial charge in [-0.15, -0.1) is 0 Å². The highest BCUT2D eigenvalue weighted by atomic mass is 16.3. The number of hydrazine groups is 1. The molecule has 0 aromatic heterocycles. The van der Waals surface area contributed by atoms with E-state index in [1.54, 1.807) is 13.8 Å². The molecule has 0 saturated heterocycles. The molecule has 1 aromatic rings. The number of benzene rings is 1. The average Bonchev–Trinajstić information content (AvgIpc) is 2.24. The van der Waals surface area contributed by atoms with Gasteiger partial charge in [0.2, 0.25) is 0 Å². The normalized spacial score (nSPS) is 12.7. The van der Waals surface area contributed by atoms with Crippen LogP contribution in [0.25, 0.3) is 0 Å². The lowest BCUT2D eigenvalue weighted by molar-refractivity contribution is 0.0562. The third-order valence-corrected chi connectivity index (χ3v) is 3.14. The summed E-state index contributed by atoms with van der Waals surface area (Å²) in [6.45, 7) is 9.77. The molecule has 0 spiro atoms. The van der Waals surface area contributed by atoms with E-state index in [1.807, 2.05) is 26.0 Å². The molecule has 19 heavy (non-hydrogen) atoms. The number of nitrogens with two attached hydrogens (primary N) is 2. The Hall–Kier alpha value is -1.59. The first-order valence-electron chi connectivity index (χ1n) is 6.26. The molecule has 0 aliphatic rings. The third-order valence-electron chi connectivity index (χ3n) is 3.14. The van der Waals surface area contributed by atoms with Crippen molar-refractivity contribution in [2.45, 2.75) is 40.2 Å². The van der Waals surface area contributed by atoms with Gasteiger partial charge in [-0.2, -0.15) is 5.10 Å². The van der Waals surface area contributed by atoms with Crippen molar-refractivity contribution >= 4 is 5.84 Å². The Bertz CT molecular complexity index is 466. The van der Waals surface area contributed by atoms with Gasteiger partial charge in [-0.3, -0.25) is 5.01 Å². The summed E-state index contributed by atoms with van der Waals surface area (Å²) in [6, 6.07) is 4.00. The van der Waals surface area contributed by atoms with Crippen LogP contribution < -0.4 is 11.7 Å². The lowest BCUT2D eigenvalue weighted by Crippen LogP contribution is -2.47. The molecule has 0 bridgehead atoms. The number of nitrogens with zero attached hydrogens (tertiary/aromatic N) is 2. The van der Waals surface area contributed by atoms with Crippen LogP contribution in [0, 0.1) is 20.8 Å². The summed E-state index contributed by atoms with van der Waals surface area (Å²) >= 11 is 0. The van der Waals surface area contributed by atoms with Gasteiger partial charge in [0.15, 0.2) is 5.84 Å².